The van der Waals surface area contributed by atoms with Crippen LogP contribution < -0.4 is 5.73 Å². The monoisotopic (exact) mass is 309 g/mol. The minimum Gasteiger partial charge on any atom is -0.506 e. The van der Waals surface area contributed by atoms with Crippen molar-refractivity contribution >= 4 is 28.3 Å². The van der Waals surface area contributed by atoms with Crippen LogP contribution in [-0.2, 0) is 0 Å². The summed E-state index contributed by atoms with van der Waals surface area (Å²) in [6.07, 6.45) is 3.30. The predicted molar refractivity (Wildman–Crippen MR) is 67.3 cm³/mol. The first-order valence-corrected chi connectivity index (χ1v) is 5.81. The van der Waals surface area contributed by atoms with Crippen LogP contribution >= 0.6 is 28.3 Å². The van der Waals surface area contributed by atoms with Crippen molar-refractivity contribution in [1.29, 1.82) is 0 Å². The zero-order valence-electron chi connectivity index (χ0n) is 8.62. The molecule has 2 nitrogen and oxygen atoms in total. The molecule has 16 heavy (non-hydrogen) atoms. The molecule has 1 atom stereocenters. The van der Waals surface area contributed by atoms with Gasteiger partial charge in [-0.15, -0.1) is 12.4 Å². The van der Waals surface area contributed by atoms with Crippen LogP contribution in [0.15, 0.2) is 16.6 Å². The normalized spacial score (nSPS) is 16.7. The average molecular weight is 311 g/mol. The van der Waals surface area contributed by atoms with E-state index in [9.17, 15) is 9.50 Å². The summed E-state index contributed by atoms with van der Waals surface area (Å²) in [7, 11) is 0. The Morgan fingerprint density at radius 1 is 1.50 bits per heavy atom. The minimum absolute atomic E-state index is 0. The second-order valence-corrected chi connectivity index (χ2v) is 4.88. The smallest absolute Gasteiger partial charge is 0.141 e. The van der Waals surface area contributed by atoms with Gasteiger partial charge >= 0.3 is 0 Å². The molecule has 90 valence electrons. The lowest BCUT2D eigenvalue weighted by atomic mass is 10.0. The zero-order valence-corrected chi connectivity index (χ0v) is 11.0. The molecule has 0 spiro atoms. The van der Waals surface area contributed by atoms with Crippen LogP contribution in [0.4, 0.5) is 4.39 Å². The van der Waals surface area contributed by atoms with Crippen molar-refractivity contribution in [1.82, 2.24) is 0 Å². The first-order valence-electron chi connectivity index (χ1n) is 5.02. The summed E-state index contributed by atoms with van der Waals surface area (Å²) in [5.41, 5.74) is 6.57. The number of rotatable bonds is 3. The van der Waals surface area contributed by atoms with Gasteiger partial charge in [-0.1, -0.05) is 18.9 Å². The molecule has 0 bridgehead atoms. The summed E-state index contributed by atoms with van der Waals surface area (Å²) in [5.74, 6) is 0.154. The van der Waals surface area contributed by atoms with Gasteiger partial charge in [0.15, 0.2) is 0 Å². The molecule has 1 aliphatic rings. The van der Waals surface area contributed by atoms with Crippen molar-refractivity contribution in [2.75, 3.05) is 0 Å². The second kappa shape index (κ2) is 5.34. The van der Waals surface area contributed by atoms with E-state index in [1.807, 2.05) is 0 Å². The average Bonchev–Trinajstić information content (AvgIpc) is 2.98. The topological polar surface area (TPSA) is 46.2 Å². The number of hydrogen-bond acceptors (Lipinski definition) is 2. The van der Waals surface area contributed by atoms with E-state index in [4.69, 9.17) is 5.73 Å². The van der Waals surface area contributed by atoms with Crippen molar-refractivity contribution in [3.8, 4) is 5.75 Å². The van der Waals surface area contributed by atoms with Crippen LogP contribution in [0, 0.1) is 11.7 Å². The Morgan fingerprint density at radius 2 is 2.12 bits per heavy atom. The quantitative estimate of drug-likeness (QED) is 0.897. The SMILES string of the molecule is Cl.N[C@H](CC1CC1)c1ccc(F)c(Br)c1O. The van der Waals surface area contributed by atoms with Gasteiger partial charge in [0, 0.05) is 11.6 Å². The Labute approximate surface area is 109 Å². The molecule has 3 N–H and O–H groups in total. The number of phenols is 1. The highest BCUT2D eigenvalue weighted by Gasteiger charge is 2.26. The third kappa shape index (κ3) is 2.87. The highest BCUT2D eigenvalue weighted by atomic mass is 79.9. The molecule has 2 rings (SSSR count). The molecular weight excluding hydrogens is 296 g/mol. The van der Waals surface area contributed by atoms with Crippen LogP contribution in [0.2, 0.25) is 0 Å². The van der Waals surface area contributed by atoms with Gasteiger partial charge in [-0.05, 0) is 34.3 Å². The number of phenolic OH excluding ortho intramolecular Hbond substituents is 1. The summed E-state index contributed by atoms with van der Waals surface area (Å²) in [5, 5.41) is 9.72. The largest absolute Gasteiger partial charge is 0.506 e. The number of nitrogens with two attached hydrogens (primary N) is 1. The van der Waals surface area contributed by atoms with Crippen LogP contribution in [0.5, 0.6) is 5.75 Å². The summed E-state index contributed by atoms with van der Waals surface area (Å²) < 4.78 is 13.2. The van der Waals surface area contributed by atoms with E-state index in [0.29, 0.717) is 11.5 Å². The second-order valence-electron chi connectivity index (χ2n) is 4.08. The molecule has 0 saturated heterocycles. The highest BCUT2D eigenvalue weighted by molar-refractivity contribution is 9.10. The zero-order chi connectivity index (χ0) is 11.0. The maximum absolute atomic E-state index is 13.1. The molecule has 0 radical (unpaired) electrons. The van der Waals surface area contributed by atoms with Gasteiger partial charge in [-0.25, -0.2) is 4.39 Å². The van der Waals surface area contributed by atoms with Crippen molar-refractivity contribution in [3.63, 3.8) is 0 Å². The third-order valence-electron chi connectivity index (χ3n) is 2.78. The molecule has 0 heterocycles. The first kappa shape index (κ1) is 13.7. The Morgan fingerprint density at radius 3 is 2.69 bits per heavy atom. The van der Waals surface area contributed by atoms with Gasteiger partial charge in [0.05, 0.1) is 4.47 Å². The van der Waals surface area contributed by atoms with E-state index in [1.54, 1.807) is 6.07 Å². The van der Waals surface area contributed by atoms with Gasteiger partial charge in [-0.2, -0.15) is 0 Å². The number of halogens is 3. The summed E-state index contributed by atoms with van der Waals surface area (Å²) in [4.78, 5) is 0. The van der Waals surface area contributed by atoms with Gasteiger partial charge in [0.1, 0.15) is 11.6 Å². The molecule has 0 aliphatic heterocycles. The van der Waals surface area contributed by atoms with Crippen LogP contribution in [0.1, 0.15) is 30.9 Å². The van der Waals surface area contributed by atoms with E-state index in [-0.39, 0.29) is 28.7 Å². The summed E-state index contributed by atoms with van der Waals surface area (Å²) in [6.45, 7) is 0. The van der Waals surface area contributed by atoms with Crippen LogP contribution in [-0.4, -0.2) is 5.11 Å². The van der Waals surface area contributed by atoms with Crippen molar-refractivity contribution in [2.45, 2.75) is 25.3 Å². The lowest BCUT2D eigenvalue weighted by Gasteiger charge is -2.14. The predicted octanol–water partition coefficient (Wildman–Crippen LogP) is 3.52. The van der Waals surface area contributed by atoms with E-state index < -0.39 is 5.82 Å². The fourth-order valence-corrected chi connectivity index (χ4v) is 2.05. The number of hydrogen-bond donors (Lipinski definition) is 2. The van der Waals surface area contributed by atoms with Gasteiger partial charge in [-0.3, -0.25) is 0 Å². The lowest BCUT2D eigenvalue weighted by molar-refractivity contribution is 0.445. The van der Waals surface area contributed by atoms with Crippen molar-refractivity contribution in [3.05, 3.63) is 28.0 Å². The van der Waals surface area contributed by atoms with Crippen molar-refractivity contribution in [2.24, 2.45) is 11.7 Å². The molecule has 0 amide bonds. The highest BCUT2D eigenvalue weighted by Crippen LogP contribution is 2.40. The molecule has 5 heteroatoms. The first-order chi connectivity index (χ1) is 7.09. The Bertz CT molecular complexity index is 384. The molecule has 0 unspecified atom stereocenters. The minimum atomic E-state index is -0.463. The maximum atomic E-state index is 13.1. The summed E-state index contributed by atoms with van der Waals surface area (Å²) >= 11 is 3.00. The molecule has 1 fully saturated rings. The summed E-state index contributed by atoms with van der Waals surface area (Å²) in [6, 6.07) is 2.68. The Kier molecular flexibility index (Phi) is 4.59. The van der Waals surface area contributed by atoms with E-state index in [2.05, 4.69) is 15.9 Å². The number of benzene rings is 1. The molecule has 1 aliphatic carbocycles. The lowest BCUT2D eigenvalue weighted by Crippen LogP contribution is -2.11. The molecule has 1 saturated carbocycles. The number of aromatic hydroxyl groups is 1. The fraction of sp³-hybridized carbons (Fsp3) is 0.455. The van der Waals surface area contributed by atoms with Crippen molar-refractivity contribution < 1.29 is 9.50 Å². The van der Waals surface area contributed by atoms with Gasteiger partial charge < -0.3 is 10.8 Å². The molecule has 1 aromatic carbocycles. The molecule has 0 aromatic heterocycles. The van der Waals surface area contributed by atoms with E-state index in [0.717, 1.165) is 6.42 Å². The Balaban J connectivity index is 0.00000128. The van der Waals surface area contributed by atoms with Crippen LogP contribution in [0.25, 0.3) is 0 Å². The molecule has 1 aromatic rings. The standard InChI is InChI=1S/C11H13BrFNO.ClH/c12-10-8(13)4-3-7(11(10)15)9(14)5-6-1-2-6;/h3-4,6,9,15H,1-2,5,14H2;1H/t9-;/m1./s1. The third-order valence-corrected chi connectivity index (χ3v) is 3.54. The molecular formula is C11H14BrClFNO. The fourth-order valence-electron chi connectivity index (χ4n) is 1.69. The van der Waals surface area contributed by atoms with Crippen LogP contribution in [0.3, 0.4) is 0 Å². The van der Waals surface area contributed by atoms with E-state index >= 15 is 0 Å². The van der Waals surface area contributed by atoms with Gasteiger partial charge in [0.2, 0.25) is 0 Å². The van der Waals surface area contributed by atoms with E-state index in [1.165, 1.54) is 18.9 Å². The van der Waals surface area contributed by atoms with Gasteiger partial charge in [0.25, 0.3) is 0 Å². The Hall–Kier alpha value is -0.320. The maximum Gasteiger partial charge on any atom is 0.141 e.